The van der Waals surface area contributed by atoms with Gasteiger partial charge in [0.15, 0.2) is 0 Å². The van der Waals surface area contributed by atoms with E-state index in [0.717, 1.165) is 31.2 Å². The average Bonchev–Trinajstić information content (AvgIpc) is 3.10. The highest BCUT2D eigenvalue weighted by Gasteiger charge is 2.38. The molecule has 1 N–H and O–H groups in total. The van der Waals surface area contributed by atoms with Gasteiger partial charge in [0.1, 0.15) is 5.82 Å². The molecule has 24 heavy (non-hydrogen) atoms. The number of hydrogen-bond acceptors (Lipinski definition) is 2. The Balaban J connectivity index is 1.88. The summed E-state index contributed by atoms with van der Waals surface area (Å²) < 4.78 is 13.6. The second kappa shape index (κ2) is 6.91. The van der Waals surface area contributed by atoms with Crippen LogP contribution >= 0.6 is 0 Å². The number of benzene rings is 1. The summed E-state index contributed by atoms with van der Waals surface area (Å²) in [6.07, 6.45) is 5.07. The molecule has 1 aliphatic heterocycles. The highest BCUT2D eigenvalue weighted by atomic mass is 19.1. The quantitative estimate of drug-likeness (QED) is 0.918. The number of likely N-dealkylation sites (tertiary alicyclic amines) is 1. The number of rotatable bonds is 3. The zero-order chi connectivity index (χ0) is 17.3. The molecule has 4 nitrogen and oxygen atoms in total. The second-order valence-corrected chi connectivity index (χ2v) is 7.11. The van der Waals surface area contributed by atoms with Gasteiger partial charge in [0, 0.05) is 12.5 Å². The third-order valence-electron chi connectivity index (χ3n) is 5.49. The van der Waals surface area contributed by atoms with Gasteiger partial charge in [-0.05, 0) is 49.8 Å². The SMILES string of the molecule is Cc1cc([C@H]2CC[C@H](C(=O)O)CN2C(=O)C2CCCC2)ccc1F. The van der Waals surface area contributed by atoms with Gasteiger partial charge in [0.2, 0.25) is 5.91 Å². The van der Waals surface area contributed by atoms with Crippen molar-refractivity contribution in [2.45, 2.75) is 51.5 Å². The van der Waals surface area contributed by atoms with Crippen LogP contribution in [-0.2, 0) is 9.59 Å². The number of carbonyl (C=O) groups excluding carboxylic acids is 1. The Bertz CT molecular complexity index is 639. The van der Waals surface area contributed by atoms with Crippen molar-refractivity contribution in [3.05, 3.63) is 35.1 Å². The molecule has 0 aromatic heterocycles. The summed E-state index contributed by atoms with van der Waals surface area (Å²) in [4.78, 5) is 26.1. The normalized spacial score (nSPS) is 25.0. The second-order valence-electron chi connectivity index (χ2n) is 7.11. The molecule has 130 valence electrons. The lowest BCUT2D eigenvalue weighted by atomic mass is 9.87. The van der Waals surface area contributed by atoms with Crippen molar-refractivity contribution in [1.29, 1.82) is 0 Å². The number of carbonyl (C=O) groups is 2. The van der Waals surface area contributed by atoms with Gasteiger partial charge in [-0.1, -0.05) is 25.0 Å². The number of amides is 1. The molecule has 1 amide bonds. The first-order valence-electron chi connectivity index (χ1n) is 8.76. The lowest BCUT2D eigenvalue weighted by Gasteiger charge is -2.40. The molecule has 2 aliphatic rings. The van der Waals surface area contributed by atoms with Gasteiger partial charge in [-0.25, -0.2) is 4.39 Å². The van der Waals surface area contributed by atoms with Crippen molar-refractivity contribution in [3.63, 3.8) is 0 Å². The molecular weight excluding hydrogens is 309 g/mol. The zero-order valence-electron chi connectivity index (χ0n) is 14.0. The van der Waals surface area contributed by atoms with E-state index in [-0.39, 0.29) is 30.2 Å². The molecule has 0 spiro atoms. The molecule has 1 heterocycles. The molecule has 1 saturated carbocycles. The van der Waals surface area contributed by atoms with E-state index in [2.05, 4.69) is 0 Å². The van der Waals surface area contributed by atoms with Crippen LogP contribution in [0.5, 0.6) is 0 Å². The average molecular weight is 333 g/mol. The van der Waals surface area contributed by atoms with Crippen LogP contribution in [0.4, 0.5) is 4.39 Å². The molecule has 2 fully saturated rings. The highest BCUT2D eigenvalue weighted by molar-refractivity contribution is 5.81. The summed E-state index contributed by atoms with van der Waals surface area (Å²) >= 11 is 0. The first-order chi connectivity index (χ1) is 11.5. The standard InChI is InChI=1S/C19H24FNO3/c1-12-10-14(6-8-16(12)20)17-9-7-15(19(23)24)11-21(17)18(22)13-4-2-3-5-13/h6,8,10,13,15,17H,2-5,7,9,11H2,1H3,(H,23,24)/t15-,17+/m0/s1. The summed E-state index contributed by atoms with van der Waals surface area (Å²) in [6.45, 7) is 1.97. The summed E-state index contributed by atoms with van der Waals surface area (Å²) in [5.74, 6) is -1.51. The number of hydrogen-bond donors (Lipinski definition) is 1. The Morgan fingerprint density at radius 2 is 1.83 bits per heavy atom. The Kier molecular flexibility index (Phi) is 4.88. The van der Waals surface area contributed by atoms with Crippen molar-refractivity contribution >= 4 is 11.9 Å². The molecule has 2 atom stereocenters. The summed E-state index contributed by atoms with van der Waals surface area (Å²) in [5, 5.41) is 9.35. The van der Waals surface area contributed by atoms with Crippen LogP contribution in [0.2, 0.25) is 0 Å². The third-order valence-corrected chi connectivity index (χ3v) is 5.49. The van der Waals surface area contributed by atoms with Crippen molar-refractivity contribution in [3.8, 4) is 0 Å². The summed E-state index contributed by atoms with van der Waals surface area (Å²) in [5.41, 5.74) is 1.46. The number of carboxylic acids is 1. The summed E-state index contributed by atoms with van der Waals surface area (Å²) in [6, 6.07) is 4.80. The van der Waals surface area contributed by atoms with Gasteiger partial charge in [-0.2, -0.15) is 0 Å². The van der Waals surface area contributed by atoms with Crippen LogP contribution in [0.1, 0.15) is 55.7 Å². The first kappa shape index (κ1) is 16.9. The topological polar surface area (TPSA) is 57.6 Å². The van der Waals surface area contributed by atoms with E-state index < -0.39 is 11.9 Å². The molecule has 1 saturated heterocycles. The molecule has 1 aromatic rings. The maximum absolute atomic E-state index is 13.6. The van der Waals surface area contributed by atoms with E-state index in [1.807, 2.05) is 0 Å². The minimum absolute atomic E-state index is 0.0154. The van der Waals surface area contributed by atoms with Crippen LogP contribution in [0.15, 0.2) is 18.2 Å². The molecule has 0 bridgehead atoms. The predicted molar refractivity (Wildman–Crippen MR) is 87.9 cm³/mol. The number of aryl methyl sites for hydroxylation is 1. The number of piperidine rings is 1. The Hall–Kier alpha value is -1.91. The van der Waals surface area contributed by atoms with E-state index in [1.54, 1.807) is 24.0 Å². The fourth-order valence-corrected chi connectivity index (χ4v) is 4.05. The van der Waals surface area contributed by atoms with E-state index >= 15 is 0 Å². The molecule has 1 aromatic carbocycles. The monoisotopic (exact) mass is 333 g/mol. The number of nitrogens with zero attached hydrogens (tertiary/aromatic N) is 1. The van der Waals surface area contributed by atoms with Gasteiger partial charge in [0.25, 0.3) is 0 Å². The number of carboxylic acid groups (broad SMARTS) is 1. The lowest BCUT2D eigenvalue weighted by Crippen LogP contribution is -2.46. The van der Waals surface area contributed by atoms with Gasteiger partial charge < -0.3 is 10.0 Å². The van der Waals surface area contributed by atoms with Crippen LogP contribution in [0, 0.1) is 24.6 Å². The zero-order valence-corrected chi connectivity index (χ0v) is 14.0. The molecule has 1 aliphatic carbocycles. The van der Waals surface area contributed by atoms with Crippen LogP contribution < -0.4 is 0 Å². The largest absolute Gasteiger partial charge is 0.481 e. The number of halogens is 1. The maximum atomic E-state index is 13.6. The lowest BCUT2D eigenvalue weighted by molar-refractivity contribution is -0.149. The van der Waals surface area contributed by atoms with E-state index in [4.69, 9.17) is 0 Å². The maximum Gasteiger partial charge on any atom is 0.308 e. The van der Waals surface area contributed by atoms with Crippen molar-refractivity contribution in [2.75, 3.05) is 6.54 Å². The minimum Gasteiger partial charge on any atom is -0.481 e. The molecule has 5 heteroatoms. The Labute approximate surface area is 141 Å². The van der Waals surface area contributed by atoms with Crippen LogP contribution in [-0.4, -0.2) is 28.4 Å². The third kappa shape index (κ3) is 3.30. The van der Waals surface area contributed by atoms with Crippen LogP contribution in [0.3, 0.4) is 0 Å². The Morgan fingerprint density at radius 3 is 2.46 bits per heavy atom. The smallest absolute Gasteiger partial charge is 0.308 e. The van der Waals surface area contributed by atoms with E-state index in [1.165, 1.54) is 6.07 Å². The van der Waals surface area contributed by atoms with Crippen molar-refractivity contribution in [2.24, 2.45) is 11.8 Å². The van der Waals surface area contributed by atoms with Gasteiger partial charge >= 0.3 is 5.97 Å². The number of aliphatic carboxylic acids is 1. The fourth-order valence-electron chi connectivity index (χ4n) is 4.05. The fraction of sp³-hybridized carbons (Fsp3) is 0.579. The first-order valence-corrected chi connectivity index (χ1v) is 8.76. The molecular formula is C19H24FNO3. The summed E-state index contributed by atoms with van der Waals surface area (Å²) in [7, 11) is 0. The van der Waals surface area contributed by atoms with Gasteiger partial charge in [-0.15, -0.1) is 0 Å². The Morgan fingerprint density at radius 1 is 1.12 bits per heavy atom. The van der Waals surface area contributed by atoms with Crippen molar-refractivity contribution < 1.29 is 19.1 Å². The van der Waals surface area contributed by atoms with E-state index in [0.29, 0.717) is 18.4 Å². The predicted octanol–water partition coefficient (Wildman–Crippen LogP) is 3.69. The minimum atomic E-state index is -0.840. The van der Waals surface area contributed by atoms with E-state index in [9.17, 15) is 19.1 Å². The molecule has 0 unspecified atom stereocenters. The van der Waals surface area contributed by atoms with Gasteiger partial charge in [-0.3, -0.25) is 9.59 Å². The molecule has 3 rings (SSSR count). The highest BCUT2D eigenvalue weighted by Crippen LogP contribution is 2.37. The van der Waals surface area contributed by atoms with Crippen molar-refractivity contribution in [1.82, 2.24) is 4.90 Å². The van der Waals surface area contributed by atoms with Gasteiger partial charge in [0.05, 0.1) is 12.0 Å². The molecule has 0 radical (unpaired) electrons. The van der Waals surface area contributed by atoms with Crippen LogP contribution in [0.25, 0.3) is 0 Å².